The molecule has 0 unspecified atom stereocenters. The molecule has 0 fully saturated rings. The molecule has 0 aliphatic heterocycles. The van der Waals surface area contributed by atoms with Crippen LogP contribution in [0.4, 0.5) is 13.2 Å². The van der Waals surface area contributed by atoms with Crippen LogP contribution in [0.25, 0.3) is 10.7 Å². The Balaban J connectivity index is 2.16. The van der Waals surface area contributed by atoms with E-state index in [1.54, 1.807) is 0 Å². The van der Waals surface area contributed by atoms with Gasteiger partial charge < -0.3 is 9.26 Å². The fourth-order valence-electron chi connectivity index (χ4n) is 1.71. The molecule has 9 nitrogen and oxygen atoms in total. The van der Waals surface area contributed by atoms with Gasteiger partial charge in [-0.25, -0.2) is 8.42 Å². The fourth-order valence-corrected chi connectivity index (χ4v) is 3.82. The zero-order chi connectivity index (χ0) is 19.5. The highest BCUT2D eigenvalue weighted by atomic mass is 32.2. The Labute approximate surface area is 149 Å². The fraction of sp³-hybridized carbons (Fsp3) is 0.417. The number of esters is 1. The average Bonchev–Trinajstić information content (AvgIpc) is 3.20. The predicted octanol–water partition coefficient (Wildman–Crippen LogP) is 1.68. The zero-order valence-corrected chi connectivity index (χ0v) is 14.9. The average molecular weight is 415 g/mol. The van der Waals surface area contributed by atoms with E-state index in [-0.39, 0.29) is 17.2 Å². The van der Waals surface area contributed by atoms with E-state index in [9.17, 15) is 26.4 Å². The van der Waals surface area contributed by atoms with Crippen LogP contribution >= 0.6 is 11.3 Å². The minimum absolute atomic E-state index is 0.237. The number of hydrogen-bond acceptors (Lipinski definition) is 9. The molecule has 2 heterocycles. The largest absolute Gasteiger partial charge is 0.471 e. The standard InChI is InChI=1S/C12H12F3N3O6S2/c1-22-9(19)6-26(20,21)18(23-2)5-7-3-4-8(25-7)10-16-11(24-17-10)12(13,14)15/h3-4H,5-6H2,1-2H3. The van der Waals surface area contributed by atoms with Crippen molar-refractivity contribution < 1.29 is 40.5 Å². The zero-order valence-electron chi connectivity index (χ0n) is 13.3. The van der Waals surface area contributed by atoms with E-state index in [1.807, 2.05) is 0 Å². The second-order valence-corrected chi connectivity index (χ2v) is 7.69. The lowest BCUT2D eigenvalue weighted by Gasteiger charge is -2.17. The van der Waals surface area contributed by atoms with Crippen LogP contribution in [-0.4, -0.2) is 49.0 Å². The van der Waals surface area contributed by atoms with Crippen molar-refractivity contribution in [2.45, 2.75) is 12.7 Å². The van der Waals surface area contributed by atoms with Crippen LogP contribution in [0.2, 0.25) is 0 Å². The topological polar surface area (TPSA) is 112 Å². The van der Waals surface area contributed by atoms with Crippen molar-refractivity contribution in [3.05, 3.63) is 22.9 Å². The Bertz CT molecular complexity index is 877. The number of rotatable bonds is 7. The van der Waals surface area contributed by atoms with Gasteiger partial charge in [0.2, 0.25) is 15.8 Å². The summed E-state index contributed by atoms with van der Waals surface area (Å²) in [6, 6.07) is 2.87. The van der Waals surface area contributed by atoms with Gasteiger partial charge >= 0.3 is 18.0 Å². The number of nitrogens with zero attached hydrogens (tertiary/aromatic N) is 3. The van der Waals surface area contributed by atoms with E-state index < -0.39 is 33.8 Å². The first-order valence-corrected chi connectivity index (χ1v) is 9.10. The Morgan fingerprint density at radius 1 is 1.35 bits per heavy atom. The first-order valence-electron chi connectivity index (χ1n) is 6.68. The Kier molecular flexibility index (Phi) is 6.00. The van der Waals surface area contributed by atoms with Gasteiger partial charge in [0.15, 0.2) is 5.75 Å². The first kappa shape index (κ1) is 20.3. The van der Waals surface area contributed by atoms with Crippen molar-refractivity contribution in [3.8, 4) is 10.7 Å². The number of carbonyl (C=O) groups excluding carboxylic acids is 1. The highest BCUT2D eigenvalue weighted by Gasteiger charge is 2.38. The minimum Gasteiger partial charge on any atom is -0.468 e. The molecule has 0 bridgehead atoms. The lowest BCUT2D eigenvalue weighted by atomic mass is 10.4. The van der Waals surface area contributed by atoms with E-state index in [0.29, 0.717) is 9.35 Å². The molecular weight excluding hydrogens is 403 g/mol. The molecule has 0 aliphatic rings. The Hall–Kier alpha value is -2.03. The summed E-state index contributed by atoms with van der Waals surface area (Å²) in [5, 5.41) is 3.24. The van der Waals surface area contributed by atoms with Gasteiger partial charge in [-0.15, -0.1) is 11.3 Å². The highest BCUT2D eigenvalue weighted by Crippen LogP contribution is 2.32. The predicted molar refractivity (Wildman–Crippen MR) is 81.0 cm³/mol. The maximum atomic E-state index is 12.5. The number of carbonyl (C=O) groups is 1. The third-order valence-corrected chi connectivity index (χ3v) is 5.44. The van der Waals surface area contributed by atoms with Crippen LogP contribution < -0.4 is 0 Å². The Morgan fingerprint density at radius 2 is 2.04 bits per heavy atom. The van der Waals surface area contributed by atoms with E-state index in [2.05, 4.69) is 19.4 Å². The third-order valence-electron chi connectivity index (χ3n) is 2.88. The number of methoxy groups -OCH3 is 1. The molecule has 2 rings (SSSR count). The summed E-state index contributed by atoms with van der Waals surface area (Å²) >= 11 is 0.940. The molecule has 144 valence electrons. The number of sulfonamides is 1. The summed E-state index contributed by atoms with van der Waals surface area (Å²) in [7, 11) is -1.97. The van der Waals surface area contributed by atoms with Gasteiger partial charge in [0, 0.05) is 4.88 Å². The summed E-state index contributed by atoms with van der Waals surface area (Å²) in [6.07, 6.45) is -4.76. The second kappa shape index (κ2) is 7.69. The summed E-state index contributed by atoms with van der Waals surface area (Å²) in [4.78, 5) is 19.8. The molecule has 0 aromatic carbocycles. The van der Waals surface area contributed by atoms with Gasteiger partial charge in [-0.3, -0.25) is 9.63 Å². The van der Waals surface area contributed by atoms with E-state index >= 15 is 0 Å². The van der Waals surface area contributed by atoms with Crippen molar-refractivity contribution in [1.82, 2.24) is 14.6 Å². The molecule has 0 saturated heterocycles. The lowest BCUT2D eigenvalue weighted by Crippen LogP contribution is -2.34. The van der Waals surface area contributed by atoms with Gasteiger partial charge in [-0.05, 0) is 12.1 Å². The summed E-state index contributed by atoms with van der Waals surface area (Å²) in [5.41, 5.74) is 0. The number of alkyl halides is 3. The first-order chi connectivity index (χ1) is 12.1. The molecule has 0 aliphatic carbocycles. The van der Waals surface area contributed by atoms with Gasteiger partial charge in [-0.2, -0.15) is 18.2 Å². The van der Waals surface area contributed by atoms with Gasteiger partial charge in [0.05, 0.1) is 25.6 Å². The van der Waals surface area contributed by atoms with Gasteiger partial charge in [0.1, 0.15) is 0 Å². The molecule has 2 aromatic rings. The van der Waals surface area contributed by atoms with Crippen molar-refractivity contribution in [1.29, 1.82) is 0 Å². The van der Waals surface area contributed by atoms with Crippen molar-refractivity contribution in [2.75, 3.05) is 20.0 Å². The molecule has 26 heavy (non-hydrogen) atoms. The third kappa shape index (κ3) is 4.78. The molecule has 0 atom stereocenters. The SMILES string of the molecule is COC(=O)CS(=O)(=O)N(Cc1ccc(-c2noc(C(F)(F)F)n2)s1)OC. The Morgan fingerprint density at radius 3 is 2.58 bits per heavy atom. The summed E-state index contributed by atoms with van der Waals surface area (Å²) < 4.78 is 70.6. The molecule has 14 heteroatoms. The molecule has 0 N–H and O–H groups in total. The van der Waals surface area contributed by atoms with E-state index in [0.717, 1.165) is 25.6 Å². The second-order valence-electron chi connectivity index (χ2n) is 4.66. The van der Waals surface area contributed by atoms with Crippen molar-refractivity contribution >= 4 is 27.3 Å². The lowest BCUT2D eigenvalue weighted by molar-refractivity contribution is -0.159. The van der Waals surface area contributed by atoms with Crippen LogP contribution in [0.5, 0.6) is 0 Å². The molecule has 0 saturated carbocycles. The van der Waals surface area contributed by atoms with Crippen molar-refractivity contribution in [3.63, 3.8) is 0 Å². The van der Waals surface area contributed by atoms with Crippen LogP contribution in [0, 0.1) is 0 Å². The maximum Gasteiger partial charge on any atom is 0.471 e. The van der Waals surface area contributed by atoms with E-state index in [4.69, 9.17) is 4.84 Å². The molecule has 0 radical (unpaired) electrons. The summed E-state index contributed by atoms with van der Waals surface area (Å²) in [5.74, 6) is -3.66. The number of aromatic nitrogens is 2. The molecular formula is C12H12F3N3O6S2. The van der Waals surface area contributed by atoms with E-state index in [1.165, 1.54) is 12.1 Å². The minimum atomic E-state index is -4.76. The molecule has 0 amide bonds. The van der Waals surface area contributed by atoms with Crippen LogP contribution in [0.1, 0.15) is 10.8 Å². The number of hydrogen-bond donors (Lipinski definition) is 0. The quantitative estimate of drug-likeness (QED) is 0.496. The number of hydroxylamine groups is 1. The maximum absolute atomic E-state index is 12.5. The van der Waals surface area contributed by atoms with Gasteiger partial charge in [-0.1, -0.05) is 9.63 Å². The van der Waals surface area contributed by atoms with Crippen molar-refractivity contribution in [2.24, 2.45) is 0 Å². The van der Waals surface area contributed by atoms with Gasteiger partial charge in [0.25, 0.3) is 0 Å². The molecule has 2 aromatic heterocycles. The number of ether oxygens (including phenoxy) is 1. The highest BCUT2D eigenvalue weighted by molar-refractivity contribution is 7.89. The van der Waals surface area contributed by atoms with Crippen LogP contribution in [-0.2, 0) is 37.1 Å². The smallest absolute Gasteiger partial charge is 0.468 e. The monoisotopic (exact) mass is 415 g/mol. The number of halogens is 3. The summed E-state index contributed by atoms with van der Waals surface area (Å²) in [6.45, 7) is -0.273. The number of thiophene rings is 1. The normalized spacial score (nSPS) is 12.5. The molecule has 0 spiro atoms. The van der Waals surface area contributed by atoms with Crippen LogP contribution in [0.3, 0.4) is 0 Å². The van der Waals surface area contributed by atoms with Crippen LogP contribution in [0.15, 0.2) is 16.7 Å².